The Morgan fingerprint density at radius 2 is 1.31 bits per heavy atom. The number of para-hydroxylation sites is 1. The Hall–Kier alpha value is -1.67. The van der Waals surface area contributed by atoms with E-state index in [-0.39, 0.29) is 31.2 Å². The molecule has 0 aliphatic rings. The van der Waals surface area contributed by atoms with Crippen molar-refractivity contribution < 1.29 is 23.2 Å². The Labute approximate surface area is 186 Å². The van der Waals surface area contributed by atoms with Gasteiger partial charge in [-0.3, -0.25) is 4.55 Å². The lowest BCUT2D eigenvalue weighted by Gasteiger charge is -2.33. The summed E-state index contributed by atoms with van der Waals surface area (Å²) in [4.78, 5) is 0. The van der Waals surface area contributed by atoms with Crippen molar-refractivity contribution in [1.29, 1.82) is 0 Å². The van der Waals surface area contributed by atoms with Crippen LogP contribution in [0.4, 0.5) is 0 Å². The van der Waals surface area contributed by atoms with E-state index in [0.29, 0.717) is 0 Å². The number of phenols is 2. The van der Waals surface area contributed by atoms with Gasteiger partial charge in [0.2, 0.25) is 0 Å². The molecule has 0 amide bonds. The zero-order valence-electron chi connectivity index (χ0n) is 14.3. The van der Waals surface area contributed by atoms with Gasteiger partial charge in [-0.2, -0.15) is 8.42 Å². The summed E-state index contributed by atoms with van der Waals surface area (Å²) in [6.07, 6.45) is 0. The molecule has 0 radical (unpaired) electrons. The maximum Gasteiger partial charge on any atom is 0.283 e. The SMILES string of the molecule is O=S(=O)(O)C(c1cc(Cl)cc(Cl)c1)(c1ccccc1O)c1cc(Cl)cc(Cl)c1O. The van der Waals surface area contributed by atoms with Gasteiger partial charge >= 0.3 is 0 Å². The van der Waals surface area contributed by atoms with Crippen molar-refractivity contribution in [1.82, 2.24) is 0 Å². The fourth-order valence-electron chi connectivity index (χ4n) is 3.25. The lowest BCUT2D eigenvalue weighted by molar-refractivity contribution is 0.428. The molecule has 0 fully saturated rings. The van der Waals surface area contributed by atoms with Crippen LogP contribution in [0.5, 0.6) is 11.5 Å². The monoisotopic (exact) mass is 492 g/mol. The lowest BCUT2D eigenvalue weighted by Crippen LogP contribution is -2.38. The van der Waals surface area contributed by atoms with E-state index in [1.807, 2.05) is 0 Å². The van der Waals surface area contributed by atoms with Gasteiger partial charge in [0.05, 0.1) is 5.02 Å². The van der Waals surface area contributed by atoms with Crippen LogP contribution < -0.4 is 0 Å². The third-order valence-electron chi connectivity index (χ3n) is 4.35. The van der Waals surface area contributed by atoms with Crippen LogP contribution in [0.25, 0.3) is 0 Å². The lowest BCUT2D eigenvalue weighted by atomic mass is 9.83. The molecule has 0 spiro atoms. The summed E-state index contributed by atoms with van der Waals surface area (Å²) in [7, 11) is -5.15. The standard InChI is InChI=1S/C19H12Cl4O5S/c20-11-5-10(6-12(21)7-11)19(29(26,27)28,14-3-1-2-4-17(14)24)15-8-13(22)9-16(23)18(15)25/h1-9,24-25H,(H,26,27,28). The summed E-state index contributed by atoms with van der Waals surface area (Å²) in [5.41, 5.74) is -0.806. The van der Waals surface area contributed by atoms with E-state index >= 15 is 0 Å². The average molecular weight is 494 g/mol. The predicted octanol–water partition coefficient (Wildman–Crippen LogP) is 5.89. The van der Waals surface area contributed by atoms with Gasteiger partial charge in [0.25, 0.3) is 10.1 Å². The highest BCUT2D eigenvalue weighted by Crippen LogP contribution is 2.52. The first-order valence-electron chi connectivity index (χ1n) is 7.89. The fourth-order valence-corrected chi connectivity index (χ4v) is 5.56. The quantitative estimate of drug-likeness (QED) is 0.311. The first-order chi connectivity index (χ1) is 13.5. The molecule has 0 aliphatic heterocycles. The minimum absolute atomic E-state index is 0.0145. The molecule has 10 heteroatoms. The highest BCUT2D eigenvalue weighted by Gasteiger charge is 2.52. The van der Waals surface area contributed by atoms with Crippen molar-refractivity contribution in [2.45, 2.75) is 4.75 Å². The number of rotatable bonds is 4. The van der Waals surface area contributed by atoms with Gasteiger partial charge < -0.3 is 10.2 Å². The van der Waals surface area contributed by atoms with Crippen LogP contribution in [0.15, 0.2) is 54.6 Å². The summed E-state index contributed by atoms with van der Waals surface area (Å²) < 4.78 is 33.9. The third kappa shape index (κ3) is 3.77. The maximum absolute atomic E-state index is 13.0. The van der Waals surface area contributed by atoms with Gasteiger partial charge in [0.1, 0.15) is 11.5 Å². The van der Waals surface area contributed by atoms with E-state index in [1.165, 1.54) is 48.5 Å². The molecule has 3 aromatic carbocycles. The smallest absolute Gasteiger partial charge is 0.283 e. The minimum Gasteiger partial charge on any atom is -0.508 e. The van der Waals surface area contributed by atoms with Crippen LogP contribution in [0, 0.1) is 0 Å². The molecule has 0 saturated heterocycles. The van der Waals surface area contributed by atoms with E-state index in [0.717, 1.165) is 6.07 Å². The Balaban J connectivity index is 2.65. The third-order valence-corrected chi connectivity index (χ3v) is 6.74. The first kappa shape index (κ1) is 22.0. The van der Waals surface area contributed by atoms with Crippen molar-refractivity contribution >= 4 is 56.5 Å². The molecule has 3 rings (SSSR count). The molecule has 3 N–H and O–H groups in total. The Bertz CT molecular complexity index is 1190. The minimum atomic E-state index is -5.15. The molecule has 0 aromatic heterocycles. The van der Waals surface area contributed by atoms with Crippen molar-refractivity contribution in [3.8, 4) is 11.5 Å². The normalized spacial score (nSPS) is 13.8. The molecule has 1 unspecified atom stereocenters. The summed E-state index contributed by atoms with van der Waals surface area (Å²) in [6, 6.07) is 11.6. The highest BCUT2D eigenvalue weighted by atomic mass is 35.5. The van der Waals surface area contributed by atoms with Crippen LogP contribution in [-0.2, 0) is 14.9 Å². The van der Waals surface area contributed by atoms with Gasteiger partial charge in [-0.1, -0.05) is 64.6 Å². The van der Waals surface area contributed by atoms with Crippen LogP contribution in [-0.4, -0.2) is 23.2 Å². The molecule has 0 bridgehead atoms. The van der Waals surface area contributed by atoms with Gasteiger partial charge in [-0.15, -0.1) is 0 Å². The highest BCUT2D eigenvalue weighted by molar-refractivity contribution is 7.87. The number of phenolic OH excluding ortho intramolecular Hbond substituents is 2. The zero-order valence-corrected chi connectivity index (χ0v) is 18.1. The molecule has 29 heavy (non-hydrogen) atoms. The number of aromatic hydroxyl groups is 2. The molecular formula is C19H12Cl4O5S. The molecule has 3 aromatic rings. The van der Waals surface area contributed by atoms with E-state index in [2.05, 4.69) is 0 Å². The fraction of sp³-hybridized carbons (Fsp3) is 0.0526. The van der Waals surface area contributed by atoms with Crippen LogP contribution in [0.3, 0.4) is 0 Å². The molecule has 0 heterocycles. The largest absolute Gasteiger partial charge is 0.508 e. The number of benzene rings is 3. The van der Waals surface area contributed by atoms with E-state index in [1.54, 1.807) is 0 Å². The number of hydrogen-bond donors (Lipinski definition) is 3. The Morgan fingerprint density at radius 1 is 0.759 bits per heavy atom. The van der Waals surface area contributed by atoms with Crippen LogP contribution in [0.2, 0.25) is 20.1 Å². The van der Waals surface area contributed by atoms with Gasteiger partial charge in [-0.05, 0) is 42.0 Å². The molecule has 152 valence electrons. The predicted molar refractivity (Wildman–Crippen MR) is 114 cm³/mol. The average Bonchev–Trinajstić information content (AvgIpc) is 2.59. The summed E-state index contributed by atoms with van der Waals surface area (Å²) >= 11 is 24.3. The van der Waals surface area contributed by atoms with E-state index in [9.17, 15) is 23.2 Å². The van der Waals surface area contributed by atoms with Crippen molar-refractivity contribution in [3.63, 3.8) is 0 Å². The summed E-state index contributed by atoms with van der Waals surface area (Å²) in [5, 5.41) is 21.0. The van der Waals surface area contributed by atoms with Crippen molar-refractivity contribution in [2.75, 3.05) is 0 Å². The Morgan fingerprint density at radius 3 is 1.86 bits per heavy atom. The maximum atomic E-state index is 13.0. The van der Waals surface area contributed by atoms with E-state index < -0.39 is 31.9 Å². The van der Waals surface area contributed by atoms with Crippen molar-refractivity contribution in [3.05, 3.63) is 91.4 Å². The molecule has 0 saturated carbocycles. The number of hydrogen-bond acceptors (Lipinski definition) is 4. The van der Waals surface area contributed by atoms with E-state index in [4.69, 9.17) is 46.4 Å². The topological polar surface area (TPSA) is 94.8 Å². The zero-order chi connectivity index (χ0) is 21.6. The first-order valence-corrected chi connectivity index (χ1v) is 10.8. The van der Waals surface area contributed by atoms with Crippen LogP contribution >= 0.6 is 46.4 Å². The second-order valence-corrected chi connectivity index (χ2v) is 9.39. The van der Waals surface area contributed by atoms with Crippen molar-refractivity contribution in [2.24, 2.45) is 0 Å². The van der Waals surface area contributed by atoms with Gasteiger partial charge in [-0.25, -0.2) is 0 Å². The van der Waals surface area contributed by atoms with Gasteiger partial charge in [0, 0.05) is 26.2 Å². The second kappa shape index (κ2) is 7.87. The number of halogens is 4. The summed E-state index contributed by atoms with van der Waals surface area (Å²) in [6.45, 7) is 0. The summed E-state index contributed by atoms with van der Waals surface area (Å²) in [5.74, 6) is -1.13. The molecule has 0 aliphatic carbocycles. The second-order valence-electron chi connectivity index (χ2n) is 6.12. The Kier molecular flexibility index (Phi) is 5.98. The van der Waals surface area contributed by atoms with Gasteiger partial charge in [0.15, 0.2) is 4.75 Å². The van der Waals surface area contributed by atoms with Crippen LogP contribution in [0.1, 0.15) is 16.7 Å². The molecule has 1 atom stereocenters. The molecular weight excluding hydrogens is 482 g/mol. The molecule has 5 nitrogen and oxygen atoms in total.